The lowest BCUT2D eigenvalue weighted by atomic mass is 10.1. The van der Waals surface area contributed by atoms with Crippen LogP contribution >= 0.6 is 49.9 Å². The highest BCUT2D eigenvalue weighted by Gasteiger charge is 2.33. The molecule has 2 aromatic rings. The minimum absolute atomic E-state index is 0.0213. The Balaban J connectivity index is 2.51. The zero-order valence-corrected chi connectivity index (χ0v) is 12.5. The molecule has 0 aliphatic carbocycles. The Morgan fingerprint density at radius 2 is 1.94 bits per heavy atom. The predicted octanol–water partition coefficient (Wildman–Crippen LogP) is 4.59. The lowest BCUT2D eigenvalue weighted by molar-refractivity contribution is -0.138. The van der Waals surface area contributed by atoms with Crippen LogP contribution in [0.5, 0.6) is 0 Å². The molecule has 17 heavy (non-hydrogen) atoms. The lowest BCUT2D eigenvalue weighted by Crippen LogP contribution is -2.06. The Morgan fingerprint density at radius 3 is 2.47 bits per heavy atom. The molecule has 1 aromatic heterocycles. The molecule has 2 rings (SSSR count). The summed E-state index contributed by atoms with van der Waals surface area (Å²) in [7, 11) is 0. The number of halogens is 5. The molecule has 0 N–H and O–H groups in total. The molecule has 0 unspecified atom stereocenters. The van der Waals surface area contributed by atoms with E-state index in [2.05, 4.69) is 26.1 Å². The standard InChI is InChI=1S/C9H3BrF3IN2S/c10-6-2-1-4(3-5(6)9(11,12)13)7-15-16-8(14)17-7/h1-3H. The zero-order chi connectivity index (χ0) is 12.6. The first-order valence-corrected chi connectivity index (χ1v) is 6.93. The third-order valence-corrected chi connectivity index (χ3v) is 4.25. The molecule has 8 heteroatoms. The number of nitrogens with zero attached hydrogens (tertiary/aromatic N) is 2. The molecule has 0 fully saturated rings. The summed E-state index contributed by atoms with van der Waals surface area (Å²) in [6, 6.07) is 4.02. The number of rotatable bonds is 1. The fourth-order valence-electron chi connectivity index (χ4n) is 1.20. The topological polar surface area (TPSA) is 25.8 Å². The van der Waals surface area contributed by atoms with Crippen molar-refractivity contribution < 1.29 is 13.2 Å². The smallest absolute Gasteiger partial charge is 0.166 e. The number of benzene rings is 1. The highest BCUT2D eigenvalue weighted by molar-refractivity contribution is 14.1. The van der Waals surface area contributed by atoms with Gasteiger partial charge in [-0.1, -0.05) is 33.3 Å². The quantitative estimate of drug-likeness (QED) is 0.613. The summed E-state index contributed by atoms with van der Waals surface area (Å²) in [6.45, 7) is 0. The van der Waals surface area contributed by atoms with E-state index in [1.807, 2.05) is 22.6 Å². The van der Waals surface area contributed by atoms with Gasteiger partial charge in [-0.05, 0) is 34.7 Å². The molecule has 1 heterocycles. The second-order valence-corrected chi connectivity index (χ2v) is 6.64. The van der Waals surface area contributed by atoms with Crippen LogP contribution in [-0.4, -0.2) is 10.2 Å². The summed E-state index contributed by atoms with van der Waals surface area (Å²) >= 11 is 6.11. The van der Waals surface area contributed by atoms with Crippen LogP contribution in [0.25, 0.3) is 10.6 Å². The molecule has 0 saturated carbocycles. The van der Waals surface area contributed by atoms with Crippen LogP contribution in [0.1, 0.15) is 5.56 Å². The maximum absolute atomic E-state index is 12.7. The molecule has 1 aromatic carbocycles. The third kappa shape index (κ3) is 2.97. The molecule has 0 amide bonds. The van der Waals surface area contributed by atoms with E-state index < -0.39 is 11.7 Å². The fourth-order valence-corrected chi connectivity index (χ4v) is 2.97. The van der Waals surface area contributed by atoms with E-state index in [-0.39, 0.29) is 4.47 Å². The van der Waals surface area contributed by atoms with Crippen molar-refractivity contribution in [3.63, 3.8) is 0 Å². The van der Waals surface area contributed by atoms with Gasteiger partial charge in [0.2, 0.25) is 0 Å². The SMILES string of the molecule is FC(F)(F)c1cc(-c2nnc(I)s2)ccc1Br. The van der Waals surface area contributed by atoms with Crippen LogP contribution in [0, 0.1) is 3.01 Å². The van der Waals surface area contributed by atoms with Crippen molar-refractivity contribution >= 4 is 49.9 Å². The van der Waals surface area contributed by atoms with Crippen molar-refractivity contribution in [1.29, 1.82) is 0 Å². The summed E-state index contributed by atoms with van der Waals surface area (Å²) in [5.74, 6) is 0. The van der Waals surface area contributed by atoms with Crippen LogP contribution in [0.15, 0.2) is 22.7 Å². The summed E-state index contributed by atoms with van der Waals surface area (Å²) in [6.07, 6.45) is -4.38. The maximum Gasteiger partial charge on any atom is 0.417 e. The highest BCUT2D eigenvalue weighted by atomic mass is 127. The highest BCUT2D eigenvalue weighted by Crippen LogP contribution is 2.37. The Labute approximate surface area is 121 Å². The van der Waals surface area contributed by atoms with E-state index in [1.54, 1.807) is 6.07 Å². The first kappa shape index (κ1) is 13.2. The Morgan fingerprint density at radius 1 is 1.24 bits per heavy atom. The molecule has 0 bridgehead atoms. The summed E-state index contributed by atoms with van der Waals surface area (Å²) in [5, 5.41) is 8.07. The molecule has 90 valence electrons. The Kier molecular flexibility index (Phi) is 3.74. The zero-order valence-electron chi connectivity index (χ0n) is 7.92. The number of aromatic nitrogens is 2. The molecule has 0 saturated heterocycles. The van der Waals surface area contributed by atoms with Crippen molar-refractivity contribution in [1.82, 2.24) is 10.2 Å². The second-order valence-electron chi connectivity index (χ2n) is 3.05. The van der Waals surface area contributed by atoms with Gasteiger partial charge in [0.25, 0.3) is 0 Å². The van der Waals surface area contributed by atoms with E-state index in [9.17, 15) is 13.2 Å². The van der Waals surface area contributed by atoms with E-state index in [4.69, 9.17) is 0 Å². The molecular formula is C9H3BrF3IN2S. The van der Waals surface area contributed by atoms with Gasteiger partial charge < -0.3 is 0 Å². The molecule has 0 aliphatic rings. The molecule has 0 spiro atoms. The average Bonchev–Trinajstić information content (AvgIpc) is 2.64. The van der Waals surface area contributed by atoms with Crippen LogP contribution < -0.4 is 0 Å². The van der Waals surface area contributed by atoms with E-state index in [0.717, 1.165) is 6.07 Å². The number of alkyl halides is 3. The molecule has 2 nitrogen and oxygen atoms in total. The monoisotopic (exact) mass is 434 g/mol. The van der Waals surface area contributed by atoms with Gasteiger partial charge in [-0.2, -0.15) is 13.2 Å². The van der Waals surface area contributed by atoms with Crippen LogP contribution in [-0.2, 0) is 6.18 Å². The van der Waals surface area contributed by atoms with Crippen LogP contribution in [0.4, 0.5) is 13.2 Å². The van der Waals surface area contributed by atoms with Crippen molar-refractivity contribution in [2.24, 2.45) is 0 Å². The normalized spacial score (nSPS) is 11.8. The molecular weight excluding hydrogens is 432 g/mol. The van der Waals surface area contributed by atoms with E-state index in [1.165, 1.54) is 17.4 Å². The van der Waals surface area contributed by atoms with Crippen molar-refractivity contribution in [2.75, 3.05) is 0 Å². The van der Waals surface area contributed by atoms with Crippen molar-refractivity contribution in [3.8, 4) is 10.6 Å². The lowest BCUT2D eigenvalue weighted by Gasteiger charge is -2.09. The first-order chi connectivity index (χ1) is 7.88. The van der Waals surface area contributed by atoms with Gasteiger partial charge >= 0.3 is 6.18 Å². The van der Waals surface area contributed by atoms with Gasteiger partial charge in [-0.25, -0.2) is 0 Å². The third-order valence-electron chi connectivity index (χ3n) is 1.92. The second kappa shape index (κ2) is 4.81. The average molecular weight is 435 g/mol. The van der Waals surface area contributed by atoms with E-state index >= 15 is 0 Å². The summed E-state index contributed by atoms with van der Waals surface area (Å²) < 4.78 is 38.8. The molecule has 0 radical (unpaired) electrons. The Hall–Kier alpha value is -0.220. The van der Waals surface area contributed by atoms with Crippen molar-refractivity contribution in [3.05, 3.63) is 31.2 Å². The van der Waals surface area contributed by atoms with Gasteiger partial charge in [-0.15, -0.1) is 10.2 Å². The minimum Gasteiger partial charge on any atom is -0.166 e. The van der Waals surface area contributed by atoms with Gasteiger partial charge in [0.05, 0.1) is 5.56 Å². The minimum atomic E-state index is -4.38. The number of hydrogen-bond acceptors (Lipinski definition) is 3. The summed E-state index contributed by atoms with van der Waals surface area (Å²) in [4.78, 5) is 0. The fraction of sp³-hybridized carbons (Fsp3) is 0.111. The van der Waals surface area contributed by atoms with E-state index in [0.29, 0.717) is 13.6 Å². The van der Waals surface area contributed by atoms with Gasteiger partial charge in [0.15, 0.2) is 3.01 Å². The largest absolute Gasteiger partial charge is 0.417 e. The van der Waals surface area contributed by atoms with Crippen molar-refractivity contribution in [2.45, 2.75) is 6.18 Å². The Bertz CT molecular complexity index is 555. The maximum atomic E-state index is 12.7. The predicted molar refractivity (Wildman–Crippen MR) is 70.8 cm³/mol. The summed E-state index contributed by atoms with van der Waals surface area (Å²) in [5.41, 5.74) is -0.291. The molecule has 0 aliphatic heterocycles. The van der Waals surface area contributed by atoms with Crippen LogP contribution in [0.2, 0.25) is 0 Å². The number of hydrogen-bond donors (Lipinski definition) is 0. The molecule has 0 atom stereocenters. The van der Waals surface area contributed by atoms with Gasteiger partial charge in [0.1, 0.15) is 5.01 Å². The van der Waals surface area contributed by atoms with Gasteiger partial charge in [-0.3, -0.25) is 0 Å². The van der Waals surface area contributed by atoms with Gasteiger partial charge in [0, 0.05) is 10.0 Å². The first-order valence-electron chi connectivity index (χ1n) is 4.24. The van der Waals surface area contributed by atoms with Crippen LogP contribution in [0.3, 0.4) is 0 Å².